The van der Waals surface area contributed by atoms with Crippen LogP contribution in [0.4, 0.5) is 0 Å². The smallest absolute Gasteiger partial charge is 0.355 e. The van der Waals surface area contributed by atoms with Gasteiger partial charge in [-0.05, 0) is 32.9 Å². The molecule has 0 amide bonds. The van der Waals surface area contributed by atoms with Gasteiger partial charge in [0.1, 0.15) is 5.60 Å². The quantitative estimate of drug-likeness (QED) is 0.326. The van der Waals surface area contributed by atoms with Gasteiger partial charge in [-0.3, -0.25) is 0 Å². The third kappa shape index (κ3) is 5.31. The largest absolute Gasteiger partial charge is 0.504 e. The zero-order chi connectivity index (χ0) is 16.9. The molecule has 8 nitrogen and oxygen atoms in total. The number of nitrogens with zero attached hydrogens (tertiary/aromatic N) is 1. The van der Waals surface area contributed by atoms with E-state index in [1.807, 2.05) is 0 Å². The summed E-state index contributed by atoms with van der Waals surface area (Å²) >= 11 is 0. The van der Waals surface area contributed by atoms with Crippen LogP contribution in [-0.4, -0.2) is 39.1 Å². The zero-order valence-corrected chi connectivity index (χ0v) is 12.3. The molecule has 0 spiro atoms. The van der Waals surface area contributed by atoms with Crippen LogP contribution in [0, 0.1) is 0 Å². The average Bonchev–Trinajstić information content (AvgIpc) is 2.35. The number of carbonyl (C=O) groups excluding carboxylic acids is 1. The molecular weight excluding hydrogens is 294 g/mol. The number of oxime groups is 1. The van der Waals surface area contributed by atoms with Crippen LogP contribution < -0.4 is 0 Å². The standard InChI is InChI=1S/C14H17NO7/c1-14(2,3)21-13(20)12(22-15-7-11(18)19)8-4-5-9(16)10(17)6-8/h4-7,12,16-17H,1-3H3,(H,18,19)/b15-7-. The van der Waals surface area contributed by atoms with Gasteiger partial charge >= 0.3 is 11.9 Å². The van der Waals surface area contributed by atoms with Crippen molar-refractivity contribution in [3.8, 4) is 11.5 Å². The number of aromatic hydroxyl groups is 2. The fourth-order valence-corrected chi connectivity index (χ4v) is 1.44. The van der Waals surface area contributed by atoms with E-state index in [1.165, 1.54) is 6.07 Å². The highest BCUT2D eigenvalue weighted by Gasteiger charge is 2.29. The number of carbonyl (C=O) groups is 2. The van der Waals surface area contributed by atoms with Crippen molar-refractivity contribution in [2.24, 2.45) is 5.16 Å². The van der Waals surface area contributed by atoms with E-state index >= 15 is 0 Å². The van der Waals surface area contributed by atoms with Gasteiger partial charge in [0.15, 0.2) is 17.7 Å². The number of hydrogen-bond acceptors (Lipinski definition) is 7. The van der Waals surface area contributed by atoms with E-state index in [0.717, 1.165) is 12.1 Å². The Bertz CT molecular complexity index is 589. The second-order valence-electron chi connectivity index (χ2n) is 5.34. The van der Waals surface area contributed by atoms with Crippen LogP contribution >= 0.6 is 0 Å². The molecule has 0 aliphatic rings. The molecule has 0 saturated heterocycles. The summed E-state index contributed by atoms with van der Waals surface area (Å²) in [5, 5.41) is 30.4. The first-order valence-corrected chi connectivity index (χ1v) is 6.27. The van der Waals surface area contributed by atoms with Gasteiger partial charge in [0.2, 0.25) is 6.10 Å². The summed E-state index contributed by atoms with van der Waals surface area (Å²) in [7, 11) is 0. The maximum absolute atomic E-state index is 12.1. The van der Waals surface area contributed by atoms with E-state index in [-0.39, 0.29) is 11.3 Å². The van der Waals surface area contributed by atoms with Crippen molar-refractivity contribution in [3.05, 3.63) is 23.8 Å². The highest BCUT2D eigenvalue weighted by molar-refractivity contribution is 6.21. The summed E-state index contributed by atoms with van der Waals surface area (Å²) < 4.78 is 5.15. The summed E-state index contributed by atoms with van der Waals surface area (Å²) in [6, 6.07) is 3.58. The molecule has 0 fully saturated rings. The maximum atomic E-state index is 12.1. The molecule has 1 aromatic rings. The molecule has 0 saturated carbocycles. The number of ether oxygens (including phenoxy) is 1. The van der Waals surface area contributed by atoms with E-state index in [4.69, 9.17) is 14.7 Å². The number of carboxylic acid groups (broad SMARTS) is 1. The van der Waals surface area contributed by atoms with Crippen molar-refractivity contribution in [1.29, 1.82) is 0 Å². The van der Waals surface area contributed by atoms with E-state index in [1.54, 1.807) is 20.8 Å². The van der Waals surface area contributed by atoms with Gasteiger partial charge in [-0.15, -0.1) is 0 Å². The first kappa shape index (κ1) is 17.3. The van der Waals surface area contributed by atoms with Crippen LogP contribution in [0.15, 0.2) is 23.4 Å². The Kier molecular flexibility index (Phi) is 5.33. The monoisotopic (exact) mass is 311 g/mol. The molecule has 0 heterocycles. The van der Waals surface area contributed by atoms with Crippen molar-refractivity contribution in [1.82, 2.24) is 0 Å². The summed E-state index contributed by atoms with van der Waals surface area (Å²) in [5.41, 5.74) is -0.652. The summed E-state index contributed by atoms with van der Waals surface area (Å²) in [5.74, 6) is -3.01. The normalized spacial score (nSPS) is 12.9. The fraction of sp³-hybridized carbons (Fsp3) is 0.357. The summed E-state index contributed by atoms with van der Waals surface area (Å²) in [4.78, 5) is 27.4. The van der Waals surface area contributed by atoms with Gasteiger partial charge in [0.25, 0.3) is 0 Å². The molecule has 3 N–H and O–H groups in total. The molecule has 0 radical (unpaired) electrons. The highest BCUT2D eigenvalue weighted by Crippen LogP contribution is 2.30. The molecule has 120 valence electrons. The van der Waals surface area contributed by atoms with Gasteiger partial charge in [0.05, 0.1) is 0 Å². The molecule has 1 unspecified atom stereocenters. The molecule has 1 aromatic carbocycles. The molecular formula is C14H17NO7. The average molecular weight is 311 g/mol. The van der Waals surface area contributed by atoms with E-state index in [0.29, 0.717) is 6.21 Å². The number of phenols is 2. The zero-order valence-electron chi connectivity index (χ0n) is 12.3. The second-order valence-corrected chi connectivity index (χ2v) is 5.34. The van der Waals surface area contributed by atoms with Crippen LogP contribution in [0.1, 0.15) is 32.4 Å². The number of benzene rings is 1. The lowest BCUT2D eigenvalue weighted by atomic mass is 10.1. The highest BCUT2D eigenvalue weighted by atomic mass is 16.7. The lowest BCUT2D eigenvalue weighted by molar-refractivity contribution is -0.169. The van der Waals surface area contributed by atoms with Gasteiger partial charge in [0, 0.05) is 5.56 Å². The van der Waals surface area contributed by atoms with Gasteiger partial charge < -0.3 is 24.9 Å². The predicted molar refractivity (Wildman–Crippen MR) is 75.6 cm³/mol. The molecule has 0 aromatic heterocycles. The number of carboxylic acids is 1. The van der Waals surface area contributed by atoms with Gasteiger partial charge in [-0.1, -0.05) is 11.2 Å². The Morgan fingerprint density at radius 1 is 1.23 bits per heavy atom. The van der Waals surface area contributed by atoms with Crippen LogP contribution in [-0.2, 0) is 19.2 Å². The van der Waals surface area contributed by atoms with Crippen LogP contribution in [0.3, 0.4) is 0 Å². The minimum atomic E-state index is -1.39. The third-order valence-electron chi connectivity index (χ3n) is 2.25. The van der Waals surface area contributed by atoms with E-state index in [9.17, 15) is 19.8 Å². The van der Waals surface area contributed by atoms with Crippen molar-refractivity contribution in [2.45, 2.75) is 32.5 Å². The number of phenolic OH excluding ortho intramolecular Hbond substituents is 2. The molecule has 1 atom stereocenters. The Hall–Kier alpha value is -2.77. The molecule has 8 heteroatoms. The number of esters is 1. The molecule has 22 heavy (non-hydrogen) atoms. The predicted octanol–water partition coefficient (Wildman–Crippen LogP) is 1.57. The fourth-order valence-electron chi connectivity index (χ4n) is 1.44. The van der Waals surface area contributed by atoms with Crippen molar-refractivity contribution >= 4 is 18.2 Å². The Morgan fingerprint density at radius 2 is 1.86 bits per heavy atom. The van der Waals surface area contributed by atoms with Crippen molar-refractivity contribution < 1.29 is 34.5 Å². The first-order chi connectivity index (χ1) is 10.1. The minimum absolute atomic E-state index is 0.145. The number of hydrogen-bond donors (Lipinski definition) is 3. The van der Waals surface area contributed by atoms with Crippen LogP contribution in [0.2, 0.25) is 0 Å². The van der Waals surface area contributed by atoms with E-state index < -0.39 is 29.4 Å². The lowest BCUT2D eigenvalue weighted by Crippen LogP contribution is -2.28. The lowest BCUT2D eigenvalue weighted by Gasteiger charge is -2.23. The van der Waals surface area contributed by atoms with Crippen LogP contribution in [0.25, 0.3) is 0 Å². The molecule has 0 bridgehead atoms. The van der Waals surface area contributed by atoms with Crippen molar-refractivity contribution in [3.63, 3.8) is 0 Å². The summed E-state index contributed by atoms with van der Waals surface area (Å²) in [6.45, 7) is 4.95. The minimum Gasteiger partial charge on any atom is -0.504 e. The molecule has 1 rings (SSSR count). The third-order valence-corrected chi connectivity index (χ3v) is 2.25. The molecule has 0 aliphatic heterocycles. The maximum Gasteiger partial charge on any atom is 0.355 e. The number of rotatable bonds is 5. The molecule has 0 aliphatic carbocycles. The Morgan fingerprint density at radius 3 is 2.36 bits per heavy atom. The SMILES string of the molecule is CC(C)(C)OC(=O)C(O/N=C\C(=O)O)c1ccc(O)c(O)c1. The summed E-state index contributed by atoms with van der Waals surface area (Å²) in [6.07, 6.45) is -0.918. The van der Waals surface area contributed by atoms with E-state index in [2.05, 4.69) is 5.16 Å². The first-order valence-electron chi connectivity index (χ1n) is 6.27. The van der Waals surface area contributed by atoms with Crippen molar-refractivity contribution in [2.75, 3.05) is 0 Å². The van der Waals surface area contributed by atoms with Gasteiger partial charge in [-0.2, -0.15) is 0 Å². The Labute approximate surface area is 126 Å². The number of aliphatic carboxylic acids is 1. The Balaban J connectivity index is 3.06. The topological polar surface area (TPSA) is 126 Å². The van der Waals surface area contributed by atoms with Gasteiger partial charge in [-0.25, -0.2) is 9.59 Å². The van der Waals surface area contributed by atoms with Crippen LogP contribution in [0.5, 0.6) is 11.5 Å². The second kappa shape index (κ2) is 6.79.